The fraction of sp³-hybridized carbons (Fsp3) is 0.429. The maximum Gasteiger partial charge on any atom is 0.318 e. The van der Waals surface area contributed by atoms with Crippen molar-refractivity contribution < 1.29 is 4.79 Å². The van der Waals surface area contributed by atoms with Gasteiger partial charge in [0.15, 0.2) is 0 Å². The molecule has 4 nitrogen and oxygen atoms in total. The Bertz CT molecular complexity index is 725. The number of carbonyl (C=O) groups excluding carboxylic acids is 1. The zero-order chi connectivity index (χ0) is 17.1. The molecule has 130 valence electrons. The highest BCUT2D eigenvalue weighted by molar-refractivity contribution is 5.76. The van der Waals surface area contributed by atoms with Crippen molar-refractivity contribution in [2.75, 3.05) is 6.54 Å². The molecule has 2 aromatic rings. The van der Waals surface area contributed by atoms with Crippen LogP contribution in [0.1, 0.15) is 54.8 Å². The molecule has 2 aliphatic rings. The zero-order valence-corrected chi connectivity index (χ0v) is 14.5. The summed E-state index contributed by atoms with van der Waals surface area (Å²) in [5, 5.41) is 3.29. The van der Waals surface area contributed by atoms with Crippen LogP contribution in [0.15, 0.2) is 48.8 Å². The summed E-state index contributed by atoms with van der Waals surface area (Å²) < 4.78 is 0. The Labute approximate surface area is 149 Å². The summed E-state index contributed by atoms with van der Waals surface area (Å²) in [6, 6.07) is 12.9. The van der Waals surface area contributed by atoms with E-state index in [9.17, 15) is 4.79 Å². The number of hydrogen-bond acceptors (Lipinski definition) is 2. The molecule has 0 spiro atoms. The molecule has 1 fully saturated rings. The van der Waals surface area contributed by atoms with Crippen LogP contribution < -0.4 is 5.32 Å². The molecule has 0 bridgehead atoms. The summed E-state index contributed by atoms with van der Waals surface area (Å²) >= 11 is 0. The molecule has 1 aromatic heterocycles. The highest BCUT2D eigenvalue weighted by Gasteiger charge is 2.32. The lowest BCUT2D eigenvalue weighted by Gasteiger charge is -2.38. The van der Waals surface area contributed by atoms with Gasteiger partial charge in [0.1, 0.15) is 0 Å². The summed E-state index contributed by atoms with van der Waals surface area (Å²) in [7, 11) is 0. The second kappa shape index (κ2) is 7.26. The smallest absolute Gasteiger partial charge is 0.318 e. The lowest BCUT2D eigenvalue weighted by molar-refractivity contribution is 0.173. The Balaban J connectivity index is 1.63. The van der Waals surface area contributed by atoms with Gasteiger partial charge in [-0.15, -0.1) is 0 Å². The average molecular weight is 335 g/mol. The van der Waals surface area contributed by atoms with Gasteiger partial charge >= 0.3 is 6.03 Å². The molecule has 0 saturated heterocycles. The van der Waals surface area contributed by atoms with Crippen molar-refractivity contribution in [1.29, 1.82) is 0 Å². The third-order valence-corrected chi connectivity index (χ3v) is 5.50. The van der Waals surface area contributed by atoms with E-state index in [1.807, 2.05) is 29.4 Å². The first kappa shape index (κ1) is 16.1. The van der Waals surface area contributed by atoms with Gasteiger partial charge < -0.3 is 10.2 Å². The molecule has 1 aliphatic heterocycles. The molecular weight excluding hydrogens is 310 g/mol. The summed E-state index contributed by atoms with van der Waals surface area (Å²) in [5.41, 5.74) is 3.70. The van der Waals surface area contributed by atoms with Crippen LogP contribution >= 0.6 is 0 Å². The van der Waals surface area contributed by atoms with Gasteiger partial charge in [0, 0.05) is 25.0 Å². The summed E-state index contributed by atoms with van der Waals surface area (Å²) in [6.45, 7) is 0.753. The van der Waals surface area contributed by atoms with Gasteiger partial charge in [0.25, 0.3) is 0 Å². The number of carbonyl (C=O) groups is 1. The fourth-order valence-electron chi connectivity index (χ4n) is 4.20. The lowest BCUT2D eigenvalue weighted by Crippen LogP contribution is -2.49. The van der Waals surface area contributed by atoms with E-state index in [1.54, 1.807) is 0 Å². The third kappa shape index (κ3) is 3.39. The van der Waals surface area contributed by atoms with Crippen LogP contribution in [-0.4, -0.2) is 28.5 Å². The van der Waals surface area contributed by atoms with E-state index < -0.39 is 0 Å². The van der Waals surface area contributed by atoms with E-state index in [4.69, 9.17) is 0 Å². The molecule has 1 aliphatic carbocycles. The van der Waals surface area contributed by atoms with Crippen LogP contribution in [0.5, 0.6) is 0 Å². The first-order valence-corrected chi connectivity index (χ1v) is 9.38. The standard InChI is InChI=1S/C21H25N3O/c25-21(23-18-7-2-1-3-8-18)24-15-12-16-6-4-5-9-19(16)20(24)17-10-13-22-14-11-17/h4-6,9-11,13-14,18,20H,1-3,7-8,12,15H2,(H,23,25). The summed E-state index contributed by atoms with van der Waals surface area (Å²) in [6.07, 6.45) is 10.5. The minimum absolute atomic E-state index is 0.0310. The van der Waals surface area contributed by atoms with E-state index in [-0.39, 0.29) is 12.1 Å². The molecule has 1 atom stereocenters. The number of nitrogens with one attached hydrogen (secondary N) is 1. The van der Waals surface area contributed by atoms with E-state index in [2.05, 4.69) is 34.6 Å². The van der Waals surface area contributed by atoms with Crippen LogP contribution in [0.3, 0.4) is 0 Å². The number of benzene rings is 1. The molecule has 4 heteroatoms. The van der Waals surface area contributed by atoms with Crippen molar-refractivity contribution >= 4 is 6.03 Å². The molecule has 1 unspecified atom stereocenters. The number of nitrogens with zero attached hydrogens (tertiary/aromatic N) is 2. The Kier molecular flexibility index (Phi) is 4.68. The minimum atomic E-state index is -0.0310. The molecule has 2 amide bonds. The summed E-state index contributed by atoms with van der Waals surface area (Å²) in [4.78, 5) is 19.2. The number of hydrogen-bond donors (Lipinski definition) is 1. The molecule has 4 rings (SSSR count). The van der Waals surface area contributed by atoms with E-state index in [0.717, 1.165) is 31.4 Å². The number of fused-ring (bicyclic) bond motifs is 1. The van der Waals surface area contributed by atoms with Crippen molar-refractivity contribution in [3.05, 3.63) is 65.5 Å². The maximum atomic E-state index is 13.1. The van der Waals surface area contributed by atoms with Gasteiger partial charge in [0.05, 0.1) is 6.04 Å². The molecular formula is C21H25N3O. The van der Waals surface area contributed by atoms with Crippen molar-refractivity contribution in [2.24, 2.45) is 0 Å². The Morgan fingerprint density at radius 2 is 1.80 bits per heavy atom. The largest absolute Gasteiger partial charge is 0.335 e. The Morgan fingerprint density at radius 1 is 1.04 bits per heavy atom. The molecule has 2 heterocycles. The average Bonchev–Trinajstić information content (AvgIpc) is 2.68. The minimum Gasteiger partial charge on any atom is -0.335 e. The van der Waals surface area contributed by atoms with Crippen LogP contribution in [-0.2, 0) is 6.42 Å². The van der Waals surface area contributed by atoms with Gasteiger partial charge in [-0.1, -0.05) is 43.5 Å². The lowest BCUT2D eigenvalue weighted by atomic mass is 9.88. The van der Waals surface area contributed by atoms with Crippen LogP contribution in [0.2, 0.25) is 0 Å². The molecule has 1 aromatic carbocycles. The Hall–Kier alpha value is -2.36. The highest BCUT2D eigenvalue weighted by Crippen LogP contribution is 2.35. The topological polar surface area (TPSA) is 45.2 Å². The molecule has 1 N–H and O–H groups in total. The van der Waals surface area contributed by atoms with Gasteiger partial charge in [-0.25, -0.2) is 4.79 Å². The number of aromatic nitrogens is 1. The highest BCUT2D eigenvalue weighted by atomic mass is 16.2. The molecule has 0 radical (unpaired) electrons. The summed E-state index contributed by atoms with van der Waals surface area (Å²) in [5.74, 6) is 0. The molecule has 25 heavy (non-hydrogen) atoms. The van der Waals surface area contributed by atoms with Gasteiger partial charge in [-0.3, -0.25) is 4.98 Å². The number of amides is 2. The maximum absolute atomic E-state index is 13.1. The van der Waals surface area contributed by atoms with Crippen molar-refractivity contribution in [3.63, 3.8) is 0 Å². The zero-order valence-electron chi connectivity index (χ0n) is 14.5. The second-order valence-corrected chi connectivity index (χ2v) is 7.11. The van der Waals surface area contributed by atoms with Gasteiger partial charge in [-0.05, 0) is 48.1 Å². The van der Waals surface area contributed by atoms with Gasteiger partial charge in [0.2, 0.25) is 0 Å². The number of urea groups is 1. The quantitative estimate of drug-likeness (QED) is 0.899. The van der Waals surface area contributed by atoms with E-state index >= 15 is 0 Å². The predicted octanol–water partition coefficient (Wildman–Crippen LogP) is 4.07. The van der Waals surface area contributed by atoms with E-state index in [0.29, 0.717) is 6.04 Å². The van der Waals surface area contributed by atoms with Crippen molar-refractivity contribution in [2.45, 2.75) is 50.6 Å². The predicted molar refractivity (Wildman–Crippen MR) is 98.3 cm³/mol. The fourth-order valence-corrected chi connectivity index (χ4v) is 4.20. The monoisotopic (exact) mass is 335 g/mol. The van der Waals surface area contributed by atoms with Crippen LogP contribution in [0, 0.1) is 0 Å². The van der Waals surface area contributed by atoms with E-state index in [1.165, 1.54) is 30.4 Å². The Morgan fingerprint density at radius 3 is 2.60 bits per heavy atom. The first-order chi connectivity index (χ1) is 12.3. The van der Waals surface area contributed by atoms with Crippen LogP contribution in [0.25, 0.3) is 0 Å². The van der Waals surface area contributed by atoms with Crippen molar-refractivity contribution in [1.82, 2.24) is 15.2 Å². The van der Waals surface area contributed by atoms with Crippen molar-refractivity contribution in [3.8, 4) is 0 Å². The first-order valence-electron chi connectivity index (χ1n) is 9.38. The molecule has 1 saturated carbocycles. The normalized spacial score (nSPS) is 20.8. The number of rotatable bonds is 2. The SMILES string of the molecule is O=C(NC1CCCCC1)N1CCc2ccccc2C1c1ccncc1. The number of pyridine rings is 1. The van der Waals surface area contributed by atoms with Crippen LogP contribution in [0.4, 0.5) is 4.79 Å². The second-order valence-electron chi connectivity index (χ2n) is 7.11. The van der Waals surface area contributed by atoms with Gasteiger partial charge in [-0.2, -0.15) is 0 Å². The third-order valence-electron chi connectivity index (χ3n) is 5.50.